The van der Waals surface area contributed by atoms with E-state index in [4.69, 9.17) is 4.74 Å². The first-order valence-corrected chi connectivity index (χ1v) is 12.9. The summed E-state index contributed by atoms with van der Waals surface area (Å²) in [6.07, 6.45) is 4.08. The number of nitrogens with zero attached hydrogens (tertiary/aromatic N) is 2. The molecule has 1 aromatic carbocycles. The van der Waals surface area contributed by atoms with Gasteiger partial charge in [0.25, 0.3) is 0 Å². The van der Waals surface area contributed by atoms with Crippen molar-refractivity contribution in [1.82, 2.24) is 14.8 Å². The minimum absolute atomic E-state index is 0.0511. The molecule has 0 unspecified atom stereocenters. The quantitative estimate of drug-likeness (QED) is 0.380. The highest BCUT2D eigenvalue weighted by molar-refractivity contribution is 5.91. The number of hydrogen-bond donors (Lipinski definition) is 1. The summed E-state index contributed by atoms with van der Waals surface area (Å²) in [5, 5.41) is 4.17. The Balaban J connectivity index is 2.30. The number of para-hydroxylation sites is 1. The Kier molecular flexibility index (Phi) is 9.39. The van der Waals surface area contributed by atoms with Gasteiger partial charge in [0.2, 0.25) is 11.8 Å². The van der Waals surface area contributed by atoms with Crippen molar-refractivity contribution in [1.29, 1.82) is 0 Å². The predicted octanol–water partition coefficient (Wildman–Crippen LogP) is 4.98. The second kappa shape index (κ2) is 11.5. The molecule has 1 aromatic heterocycles. The molecule has 0 bridgehead atoms. The minimum Gasteiger partial charge on any atom is -0.466 e. The SMILES string of the molecule is COC(=O)/C(C)=C/[C@H](C(C)C)N(C)C(=O)[C@@H](NC(=O)CC(C)(C)c1cn(C)c2ccccc12)C(C)(C)C. The predicted molar refractivity (Wildman–Crippen MR) is 149 cm³/mol. The van der Waals surface area contributed by atoms with Crippen molar-refractivity contribution in [3.8, 4) is 0 Å². The molecule has 0 spiro atoms. The molecule has 0 radical (unpaired) electrons. The highest BCUT2D eigenvalue weighted by atomic mass is 16.5. The number of amides is 2. The lowest BCUT2D eigenvalue weighted by atomic mass is 9.80. The Morgan fingerprint density at radius 2 is 1.70 bits per heavy atom. The maximum absolute atomic E-state index is 13.8. The van der Waals surface area contributed by atoms with Crippen LogP contribution in [0, 0.1) is 11.3 Å². The standard InChI is InChI=1S/C30H45N3O4/c1-19(2)24(16-20(3)28(36)37-11)33(10)27(35)26(29(4,5)6)31-25(34)17-30(7,8)22-18-32(9)23-15-13-12-14-21(22)23/h12-16,18-19,24,26H,17H2,1-11H3,(H,31,34)/b20-16+/t24-,26-/m1/s1. The molecule has 0 fully saturated rings. The number of ether oxygens (including phenoxy) is 1. The molecule has 7 nitrogen and oxygen atoms in total. The number of esters is 1. The van der Waals surface area contributed by atoms with Crippen LogP contribution < -0.4 is 5.32 Å². The van der Waals surface area contributed by atoms with Crippen molar-refractivity contribution in [3.63, 3.8) is 0 Å². The van der Waals surface area contributed by atoms with Crippen molar-refractivity contribution in [3.05, 3.63) is 47.7 Å². The van der Waals surface area contributed by atoms with Crippen LogP contribution in [-0.4, -0.2) is 53.5 Å². The maximum Gasteiger partial charge on any atom is 0.333 e. The number of hydrogen-bond acceptors (Lipinski definition) is 4. The number of fused-ring (bicyclic) bond motifs is 1. The monoisotopic (exact) mass is 511 g/mol. The van der Waals surface area contributed by atoms with Crippen LogP contribution in [0.4, 0.5) is 0 Å². The summed E-state index contributed by atoms with van der Waals surface area (Å²) in [5.74, 6) is -0.753. The van der Waals surface area contributed by atoms with E-state index in [1.165, 1.54) is 7.11 Å². The van der Waals surface area contributed by atoms with E-state index >= 15 is 0 Å². The largest absolute Gasteiger partial charge is 0.466 e. The third-order valence-corrected chi connectivity index (χ3v) is 7.05. The molecule has 0 aliphatic carbocycles. The van der Waals surface area contributed by atoms with E-state index in [2.05, 4.69) is 42.1 Å². The summed E-state index contributed by atoms with van der Waals surface area (Å²) in [6, 6.07) is 7.10. The number of rotatable bonds is 9. The fourth-order valence-corrected chi connectivity index (χ4v) is 4.83. The molecule has 2 rings (SSSR count). The summed E-state index contributed by atoms with van der Waals surface area (Å²) in [5.41, 5.74) is 1.69. The smallest absolute Gasteiger partial charge is 0.333 e. The Bertz CT molecular complexity index is 1170. The number of aromatic nitrogens is 1. The topological polar surface area (TPSA) is 80.6 Å². The molecular weight excluding hydrogens is 466 g/mol. The van der Waals surface area contributed by atoms with Crippen LogP contribution >= 0.6 is 0 Å². The van der Waals surface area contributed by atoms with Crippen LogP contribution in [0.1, 0.15) is 67.4 Å². The van der Waals surface area contributed by atoms with Crippen molar-refractivity contribution >= 4 is 28.7 Å². The lowest BCUT2D eigenvalue weighted by Crippen LogP contribution is -2.56. The number of carbonyl (C=O) groups is 3. The summed E-state index contributed by atoms with van der Waals surface area (Å²) in [6.45, 7) is 15.6. The zero-order valence-electron chi connectivity index (χ0n) is 24.4. The van der Waals surface area contributed by atoms with Gasteiger partial charge >= 0.3 is 5.97 Å². The second-order valence-electron chi connectivity index (χ2n) is 12.1. The van der Waals surface area contributed by atoms with Crippen LogP contribution in [0.2, 0.25) is 0 Å². The van der Waals surface area contributed by atoms with E-state index in [0.29, 0.717) is 5.57 Å². The second-order valence-corrected chi connectivity index (χ2v) is 12.1. The third kappa shape index (κ3) is 7.02. The van der Waals surface area contributed by atoms with Crippen molar-refractivity contribution < 1.29 is 19.1 Å². The minimum atomic E-state index is -0.735. The molecule has 1 N–H and O–H groups in total. The average Bonchev–Trinajstić information content (AvgIpc) is 3.15. The number of benzene rings is 1. The lowest BCUT2D eigenvalue weighted by molar-refractivity contribution is -0.140. The Hall–Kier alpha value is -3.09. The molecule has 2 amide bonds. The van der Waals surface area contributed by atoms with Gasteiger partial charge in [-0.2, -0.15) is 0 Å². The van der Waals surface area contributed by atoms with Crippen LogP contribution in [-0.2, 0) is 31.6 Å². The lowest BCUT2D eigenvalue weighted by Gasteiger charge is -2.38. The van der Waals surface area contributed by atoms with E-state index in [1.807, 2.05) is 53.8 Å². The van der Waals surface area contributed by atoms with E-state index in [-0.39, 0.29) is 30.2 Å². The molecule has 0 saturated heterocycles. The molecular formula is C30H45N3O4. The van der Waals surface area contributed by atoms with Gasteiger partial charge in [-0.05, 0) is 29.9 Å². The van der Waals surface area contributed by atoms with Crippen LogP contribution in [0.15, 0.2) is 42.1 Å². The van der Waals surface area contributed by atoms with Gasteiger partial charge in [-0.15, -0.1) is 0 Å². The Morgan fingerprint density at radius 3 is 2.24 bits per heavy atom. The summed E-state index contributed by atoms with van der Waals surface area (Å²) >= 11 is 0. The van der Waals surface area contributed by atoms with Crippen molar-refractivity contribution in [2.75, 3.05) is 14.2 Å². The van der Waals surface area contributed by atoms with Gasteiger partial charge in [0.15, 0.2) is 0 Å². The van der Waals surface area contributed by atoms with Gasteiger partial charge in [0, 0.05) is 48.6 Å². The summed E-state index contributed by atoms with van der Waals surface area (Å²) in [7, 11) is 5.07. The van der Waals surface area contributed by atoms with Gasteiger partial charge in [-0.3, -0.25) is 9.59 Å². The van der Waals surface area contributed by atoms with Crippen LogP contribution in [0.25, 0.3) is 10.9 Å². The maximum atomic E-state index is 13.8. The highest BCUT2D eigenvalue weighted by Crippen LogP contribution is 2.34. The number of likely N-dealkylation sites (N-methyl/N-ethyl adjacent to an activating group) is 1. The molecule has 2 aromatic rings. The van der Waals surface area contributed by atoms with Crippen molar-refractivity contribution in [2.45, 2.75) is 79.3 Å². The van der Waals surface area contributed by atoms with Gasteiger partial charge in [0.05, 0.1) is 13.2 Å². The highest BCUT2D eigenvalue weighted by Gasteiger charge is 2.38. The van der Waals surface area contributed by atoms with Crippen LogP contribution in [0.5, 0.6) is 0 Å². The molecule has 0 aliphatic rings. The normalized spacial score (nSPS) is 14.4. The first-order chi connectivity index (χ1) is 17.0. The molecule has 7 heteroatoms. The first-order valence-electron chi connectivity index (χ1n) is 12.9. The van der Waals surface area contributed by atoms with Crippen LogP contribution in [0.3, 0.4) is 0 Å². The Labute approximate surface area is 222 Å². The van der Waals surface area contributed by atoms with E-state index in [9.17, 15) is 14.4 Å². The zero-order chi connectivity index (χ0) is 28.3. The van der Waals surface area contributed by atoms with E-state index in [0.717, 1.165) is 16.5 Å². The summed E-state index contributed by atoms with van der Waals surface area (Å²) < 4.78 is 6.91. The molecule has 204 valence electrons. The average molecular weight is 512 g/mol. The van der Waals surface area contributed by atoms with Gasteiger partial charge in [-0.1, -0.05) is 72.7 Å². The number of methoxy groups -OCH3 is 1. The molecule has 1 heterocycles. The number of aryl methyl sites for hydroxylation is 1. The summed E-state index contributed by atoms with van der Waals surface area (Å²) in [4.78, 5) is 40.8. The molecule has 0 saturated carbocycles. The van der Waals surface area contributed by atoms with E-state index < -0.39 is 22.8 Å². The Morgan fingerprint density at radius 1 is 1.11 bits per heavy atom. The number of nitrogens with one attached hydrogen (secondary N) is 1. The fraction of sp³-hybridized carbons (Fsp3) is 0.567. The number of carbonyl (C=O) groups excluding carboxylic acids is 3. The molecule has 2 atom stereocenters. The van der Waals surface area contributed by atoms with Crippen molar-refractivity contribution in [2.24, 2.45) is 18.4 Å². The van der Waals surface area contributed by atoms with Gasteiger partial charge < -0.3 is 19.5 Å². The zero-order valence-corrected chi connectivity index (χ0v) is 24.4. The van der Waals surface area contributed by atoms with E-state index in [1.54, 1.807) is 24.9 Å². The molecule has 0 aliphatic heterocycles. The van der Waals surface area contributed by atoms with Gasteiger partial charge in [-0.25, -0.2) is 4.79 Å². The van der Waals surface area contributed by atoms with Gasteiger partial charge in [0.1, 0.15) is 6.04 Å². The molecule has 37 heavy (non-hydrogen) atoms. The first kappa shape index (κ1) is 30.1. The third-order valence-electron chi connectivity index (χ3n) is 7.05. The fourth-order valence-electron chi connectivity index (χ4n) is 4.83.